The summed E-state index contributed by atoms with van der Waals surface area (Å²) in [6.45, 7) is 4.06. The zero-order valence-electron chi connectivity index (χ0n) is 10.3. The summed E-state index contributed by atoms with van der Waals surface area (Å²) in [6, 6.07) is 9.53. The van der Waals surface area contributed by atoms with Crippen molar-refractivity contribution >= 4 is 28.3 Å². The minimum atomic E-state index is 0. The van der Waals surface area contributed by atoms with Crippen LogP contribution in [0, 0.1) is 17.4 Å². The van der Waals surface area contributed by atoms with E-state index in [0.29, 0.717) is 9.67 Å². The fraction of sp³-hybridized carbons (Fsp3) is 0.214. The Bertz CT molecular complexity index is 519. The number of nitriles is 1. The molecule has 95 valence electrons. The number of halogens is 1. The quantitative estimate of drug-likeness (QED) is 0.447. The van der Waals surface area contributed by atoms with Crippen LogP contribution in [-0.4, -0.2) is 10.5 Å². The molecule has 1 aliphatic heterocycles. The molecule has 1 aromatic rings. The van der Waals surface area contributed by atoms with E-state index in [0.717, 1.165) is 23.4 Å². The summed E-state index contributed by atoms with van der Waals surface area (Å²) < 4.78 is 5.60. The normalized spacial score (nSPS) is 17.6. The molecule has 1 unspecified atom stereocenters. The maximum atomic E-state index is 8.43. The predicted octanol–water partition coefficient (Wildman–Crippen LogP) is 3.04. The van der Waals surface area contributed by atoms with E-state index in [9.17, 15) is 0 Å². The Labute approximate surface area is 152 Å². The maximum absolute atomic E-state index is 8.43. The maximum Gasteiger partial charge on any atom is 0.174 e. The van der Waals surface area contributed by atoms with Crippen LogP contribution >= 0.6 is 22.6 Å². The first-order chi connectivity index (χ1) is 8.70. The summed E-state index contributed by atoms with van der Waals surface area (Å²) in [5.41, 5.74) is 3.01. The van der Waals surface area contributed by atoms with Crippen LogP contribution in [0.15, 0.2) is 36.5 Å². The van der Waals surface area contributed by atoms with Gasteiger partial charge in [-0.05, 0) is 12.1 Å². The third-order valence-corrected chi connectivity index (χ3v) is 3.76. The minimum Gasteiger partial charge on any atom is -0.479 e. The Hall–Kier alpha value is -0.376. The zero-order chi connectivity index (χ0) is 13.0. The van der Waals surface area contributed by atoms with Crippen molar-refractivity contribution in [3.63, 3.8) is 0 Å². The molecule has 0 bridgehead atoms. The molecule has 0 saturated carbocycles. The van der Waals surface area contributed by atoms with Crippen molar-refractivity contribution in [2.75, 3.05) is 6.61 Å². The van der Waals surface area contributed by atoms with Crippen molar-refractivity contribution in [3.8, 4) is 11.8 Å². The van der Waals surface area contributed by atoms with Crippen molar-refractivity contribution in [2.45, 2.75) is 10.3 Å². The van der Waals surface area contributed by atoms with E-state index in [1.54, 1.807) is 0 Å². The van der Waals surface area contributed by atoms with Gasteiger partial charge in [0.15, 0.2) is 6.61 Å². The molecule has 0 saturated heterocycles. The van der Waals surface area contributed by atoms with Gasteiger partial charge >= 0.3 is 0 Å². The third-order valence-electron chi connectivity index (χ3n) is 2.57. The molecule has 1 aromatic carbocycles. The van der Waals surface area contributed by atoms with Gasteiger partial charge in [0.25, 0.3) is 0 Å². The summed E-state index contributed by atoms with van der Waals surface area (Å²) in [5, 5.41) is 11.7. The SMILES string of the molecule is C=C1NC(c2ccc(OCC#N)cc2)=[C-]CC1I.[Y]. The van der Waals surface area contributed by atoms with Crippen molar-refractivity contribution in [1.82, 2.24) is 5.32 Å². The smallest absolute Gasteiger partial charge is 0.174 e. The number of nitrogens with one attached hydrogen (secondary N) is 1. The van der Waals surface area contributed by atoms with Crippen molar-refractivity contribution in [2.24, 2.45) is 0 Å². The Morgan fingerprint density at radius 1 is 1.47 bits per heavy atom. The van der Waals surface area contributed by atoms with E-state index < -0.39 is 0 Å². The number of alkyl halides is 1. The molecule has 0 aromatic heterocycles. The van der Waals surface area contributed by atoms with Crippen LogP contribution in [-0.2, 0) is 32.7 Å². The largest absolute Gasteiger partial charge is 0.479 e. The molecule has 0 amide bonds. The molecule has 1 heterocycles. The van der Waals surface area contributed by atoms with E-state index in [4.69, 9.17) is 10.00 Å². The van der Waals surface area contributed by atoms with Gasteiger partial charge in [-0.1, -0.05) is 35.6 Å². The van der Waals surface area contributed by atoms with Crippen LogP contribution in [0.25, 0.3) is 5.70 Å². The standard InChI is InChI=1S/C14H12IN2O.Y/c1-10-13(15)6-7-14(17-10)11-2-4-12(5-3-11)18-9-8-16;/h2-5,13,17H,1,6,9H2;/q-1;. The zero-order valence-corrected chi connectivity index (χ0v) is 15.3. The van der Waals surface area contributed by atoms with E-state index in [1.807, 2.05) is 30.3 Å². The van der Waals surface area contributed by atoms with Gasteiger partial charge in [-0.25, -0.2) is 6.08 Å². The summed E-state index contributed by atoms with van der Waals surface area (Å²) >= 11 is 2.34. The second-order valence-electron chi connectivity index (χ2n) is 3.84. The number of allylic oxidation sites excluding steroid dienone is 2. The van der Waals surface area contributed by atoms with Crippen LogP contribution in [0.3, 0.4) is 0 Å². The summed E-state index contributed by atoms with van der Waals surface area (Å²) in [4.78, 5) is 0. The van der Waals surface area contributed by atoms with Gasteiger partial charge < -0.3 is 10.1 Å². The molecular weight excluding hydrogens is 428 g/mol. The van der Waals surface area contributed by atoms with Crippen molar-refractivity contribution < 1.29 is 37.4 Å². The number of ether oxygens (including phenoxy) is 1. The van der Waals surface area contributed by atoms with Gasteiger partial charge in [-0.3, -0.25) is 0 Å². The molecule has 19 heavy (non-hydrogen) atoms. The third kappa shape index (κ3) is 4.59. The van der Waals surface area contributed by atoms with E-state index >= 15 is 0 Å². The van der Waals surface area contributed by atoms with Gasteiger partial charge in [0, 0.05) is 42.3 Å². The van der Waals surface area contributed by atoms with Crippen LogP contribution < -0.4 is 10.1 Å². The molecule has 1 radical (unpaired) electrons. The first-order valence-electron chi connectivity index (χ1n) is 5.51. The number of benzene rings is 1. The minimum absolute atomic E-state index is 0. The van der Waals surface area contributed by atoms with Crippen molar-refractivity contribution in [3.05, 3.63) is 48.2 Å². The molecule has 3 nitrogen and oxygen atoms in total. The van der Waals surface area contributed by atoms with Crippen LogP contribution in [0.4, 0.5) is 0 Å². The Balaban J connectivity index is 0.00000180. The Morgan fingerprint density at radius 3 is 2.74 bits per heavy atom. The second-order valence-corrected chi connectivity index (χ2v) is 5.35. The van der Waals surface area contributed by atoms with Crippen LogP contribution in [0.2, 0.25) is 0 Å². The Kier molecular flexibility index (Phi) is 7.05. The summed E-state index contributed by atoms with van der Waals surface area (Å²) in [6.07, 6.45) is 4.19. The van der Waals surface area contributed by atoms with Gasteiger partial charge in [-0.15, -0.1) is 17.8 Å². The molecule has 0 fully saturated rings. The molecule has 0 aliphatic carbocycles. The van der Waals surface area contributed by atoms with Crippen molar-refractivity contribution in [1.29, 1.82) is 5.26 Å². The van der Waals surface area contributed by atoms with E-state index in [2.05, 4.69) is 40.6 Å². The topological polar surface area (TPSA) is 45.0 Å². The van der Waals surface area contributed by atoms with Gasteiger partial charge in [0.05, 0.1) is 0 Å². The number of nitrogens with zero attached hydrogens (tertiary/aromatic N) is 1. The van der Waals surface area contributed by atoms with E-state index in [1.165, 1.54) is 0 Å². The molecule has 1 atom stereocenters. The summed E-state index contributed by atoms with van der Waals surface area (Å²) in [5.74, 6) is 0.697. The monoisotopic (exact) mass is 440 g/mol. The molecule has 5 heteroatoms. The molecule has 1 N–H and O–H groups in total. The number of hydrogen-bond acceptors (Lipinski definition) is 3. The van der Waals surface area contributed by atoms with Gasteiger partial charge in [-0.2, -0.15) is 10.8 Å². The molecule has 0 spiro atoms. The number of hydrogen-bond donors (Lipinski definition) is 1. The fourth-order valence-corrected chi connectivity index (χ4v) is 1.98. The van der Waals surface area contributed by atoms with Gasteiger partial charge in [0.2, 0.25) is 0 Å². The summed E-state index contributed by atoms with van der Waals surface area (Å²) in [7, 11) is 0. The van der Waals surface area contributed by atoms with Gasteiger partial charge in [0.1, 0.15) is 11.8 Å². The molecule has 2 rings (SSSR count). The van der Waals surface area contributed by atoms with E-state index in [-0.39, 0.29) is 39.3 Å². The van der Waals surface area contributed by atoms with Crippen LogP contribution in [0.1, 0.15) is 12.0 Å². The Morgan fingerprint density at radius 2 is 2.16 bits per heavy atom. The average Bonchev–Trinajstić information content (AvgIpc) is 2.40. The fourth-order valence-electron chi connectivity index (χ4n) is 1.61. The molecular formula is C14H12IN2OY-. The first-order valence-corrected chi connectivity index (χ1v) is 6.76. The molecule has 1 aliphatic rings. The van der Waals surface area contributed by atoms with Crippen LogP contribution in [0.5, 0.6) is 5.75 Å². The first kappa shape index (κ1) is 16.7. The average molecular weight is 440 g/mol. The predicted molar refractivity (Wildman–Crippen MR) is 78.9 cm³/mol. The number of rotatable bonds is 3. The second kappa shape index (κ2) is 8.03.